The van der Waals surface area contributed by atoms with Crippen molar-refractivity contribution in [2.75, 3.05) is 21.2 Å². The van der Waals surface area contributed by atoms with E-state index >= 15 is 0 Å². The first-order valence-electron chi connectivity index (χ1n) is 11.3. The normalized spacial score (nSPS) is 13.5. The van der Waals surface area contributed by atoms with Crippen LogP contribution in [0.1, 0.15) is 38.3 Å². The molecule has 2 aromatic carbocycles. The molecular weight excluding hydrogens is 543 g/mol. The zero-order chi connectivity index (χ0) is 24.0. The van der Waals surface area contributed by atoms with Crippen LogP contribution in [0.15, 0.2) is 36.4 Å². The van der Waals surface area contributed by atoms with Crippen molar-refractivity contribution < 1.29 is 9.53 Å². The quantitative estimate of drug-likeness (QED) is 0.228. The first-order chi connectivity index (χ1) is 16.3. The van der Waals surface area contributed by atoms with Crippen LogP contribution >= 0.6 is 22.9 Å². The average Bonchev–Trinajstić information content (AvgIpc) is 3.13. The minimum atomic E-state index is -0.477. The number of benzene rings is 2. The molecule has 0 radical (unpaired) electrons. The fraction of sp³-hybridized carbons (Fsp3) is 0.320. The maximum atomic E-state index is 12.7. The molecule has 0 atom stereocenters. The molecule has 0 saturated heterocycles. The van der Waals surface area contributed by atoms with Crippen LogP contribution in [0.5, 0.6) is 5.75 Å². The molecule has 9 heteroatoms. The largest absolute Gasteiger partial charge is 0.493 e. The number of rotatable bonds is 4. The van der Waals surface area contributed by atoms with E-state index in [1.54, 1.807) is 0 Å². The van der Waals surface area contributed by atoms with Crippen LogP contribution in [0.4, 0.5) is 17.5 Å². The molecule has 3 heterocycles. The molecule has 1 aliphatic rings. The predicted octanol–water partition coefficient (Wildman–Crippen LogP) is 5.29. The van der Waals surface area contributed by atoms with Crippen LogP contribution in [-0.2, 0) is 17.8 Å². The molecule has 1 aliphatic heterocycles. The highest BCUT2D eigenvalue weighted by Gasteiger charge is 2.26. The molecule has 2 aromatic heterocycles. The van der Waals surface area contributed by atoms with Gasteiger partial charge in [-0.05, 0) is 25.0 Å². The number of hydrogen-bond donors (Lipinski definition) is 3. The molecule has 34 heavy (non-hydrogen) atoms. The number of anilines is 3. The van der Waals surface area contributed by atoms with Gasteiger partial charge in [-0.3, -0.25) is 4.79 Å². The van der Waals surface area contributed by atoms with Crippen molar-refractivity contribution in [3.05, 3.63) is 47.5 Å². The van der Waals surface area contributed by atoms with Crippen LogP contribution < -0.4 is 19.3 Å². The van der Waals surface area contributed by atoms with E-state index in [4.69, 9.17) is 10.5 Å². The number of nitrogens with zero attached hydrogens (tertiary/aromatic N) is 3. The van der Waals surface area contributed by atoms with Crippen molar-refractivity contribution >= 4 is 68.2 Å². The van der Waals surface area contributed by atoms with E-state index in [0.717, 1.165) is 57.3 Å². The summed E-state index contributed by atoms with van der Waals surface area (Å²) in [6, 6.07) is 12.2. The lowest BCUT2D eigenvalue weighted by molar-refractivity contribution is -0.123. The third-order valence-electron chi connectivity index (χ3n) is 6.13. The Kier molecular flexibility index (Phi) is 5.75. The number of amides is 1. The summed E-state index contributed by atoms with van der Waals surface area (Å²) < 4.78 is 11.5. The highest BCUT2D eigenvalue weighted by atomic mass is 127. The standard InChI is InChI=1S/C25H27IN6O2/c1-25(2,3)23(33)28-17-11-10-14(21-15(17)8-6-12-34-21)13-32-18-9-5-4-7-16(18)19-20(32)22(31-26)30-24(27)29-19/h4-5,7,9-11H,6,8,12-13H2,1-3H3,(H,28,33)(H3,27,29,30,31). The highest BCUT2D eigenvalue weighted by molar-refractivity contribution is 14.1. The molecule has 5 rings (SSSR count). The summed E-state index contributed by atoms with van der Waals surface area (Å²) in [5.74, 6) is 1.74. The second-order valence-electron chi connectivity index (χ2n) is 9.56. The van der Waals surface area contributed by atoms with Gasteiger partial charge in [-0.1, -0.05) is 45.0 Å². The number of ether oxygens (including phenoxy) is 1. The molecule has 4 aromatic rings. The van der Waals surface area contributed by atoms with Gasteiger partial charge in [-0.25, -0.2) is 4.98 Å². The minimum Gasteiger partial charge on any atom is -0.493 e. The van der Waals surface area contributed by atoms with Gasteiger partial charge in [0.2, 0.25) is 11.9 Å². The van der Waals surface area contributed by atoms with Crippen molar-refractivity contribution in [2.45, 2.75) is 40.2 Å². The van der Waals surface area contributed by atoms with E-state index < -0.39 is 5.41 Å². The molecule has 1 amide bonds. The summed E-state index contributed by atoms with van der Waals surface area (Å²) >= 11 is 2.07. The Hall–Kier alpha value is -3.08. The molecule has 4 N–H and O–H groups in total. The highest BCUT2D eigenvalue weighted by Crippen LogP contribution is 2.39. The van der Waals surface area contributed by atoms with Crippen molar-refractivity contribution in [2.24, 2.45) is 5.41 Å². The molecule has 0 unspecified atom stereocenters. The number of nitrogens with two attached hydrogens (primary N) is 1. The van der Waals surface area contributed by atoms with Gasteiger partial charge in [-0.2, -0.15) is 4.98 Å². The Morgan fingerprint density at radius 1 is 1.21 bits per heavy atom. The third-order valence-corrected chi connectivity index (χ3v) is 6.64. The van der Waals surface area contributed by atoms with Crippen LogP contribution in [0.2, 0.25) is 0 Å². The molecule has 0 saturated carbocycles. The summed E-state index contributed by atoms with van der Waals surface area (Å²) in [6.07, 6.45) is 1.77. The Bertz CT molecular complexity index is 1420. The summed E-state index contributed by atoms with van der Waals surface area (Å²) in [5, 5.41) is 4.13. The van der Waals surface area contributed by atoms with E-state index in [1.165, 1.54) is 0 Å². The van der Waals surface area contributed by atoms with E-state index in [0.29, 0.717) is 19.0 Å². The lowest BCUT2D eigenvalue weighted by Gasteiger charge is -2.26. The topological polar surface area (TPSA) is 107 Å². The van der Waals surface area contributed by atoms with Crippen molar-refractivity contribution in [3.8, 4) is 5.75 Å². The Labute approximate surface area is 211 Å². The lowest BCUT2D eigenvalue weighted by atomic mass is 9.94. The number of nitrogen functional groups attached to an aromatic ring is 1. The zero-order valence-corrected chi connectivity index (χ0v) is 21.6. The number of carbonyl (C=O) groups excluding carboxylic acids is 1. The van der Waals surface area contributed by atoms with E-state index in [9.17, 15) is 4.79 Å². The summed E-state index contributed by atoms with van der Waals surface area (Å²) in [7, 11) is 0. The maximum absolute atomic E-state index is 12.7. The van der Waals surface area contributed by atoms with Gasteiger partial charge >= 0.3 is 0 Å². The van der Waals surface area contributed by atoms with Gasteiger partial charge in [0, 0.05) is 27.6 Å². The molecule has 0 fully saturated rings. The van der Waals surface area contributed by atoms with Crippen LogP contribution in [0.25, 0.3) is 21.9 Å². The lowest BCUT2D eigenvalue weighted by Crippen LogP contribution is -2.28. The molecule has 0 spiro atoms. The first-order valence-corrected chi connectivity index (χ1v) is 12.4. The number of aromatic nitrogens is 3. The Balaban J connectivity index is 1.65. The van der Waals surface area contributed by atoms with Gasteiger partial charge in [0.15, 0.2) is 5.82 Å². The number of nitrogens with one attached hydrogen (secondary N) is 2. The molecular formula is C25H27IN6O2. The minimum absolute atomic E-state index is 0.0112. The number of para-hydroxylation sites is 1. The fourth-order valence-electron chi connectivity index (χ4n) is 4.42. The maximum Gasteiger partial charge on any atom is 0.229 e. The summed E-state index contributed by atoms with van der Waals surface area (Å²) in [4.78, 5) is 21.6. The molecule has 176 valence electrons. The van der Waals surface area contributed by atoms with Gasteiger partial charge in [0.25, 0.3) is 0 Å². The van der Waals surface area contributed by atoms with Crippen LogP contribution in [0, 0.1) is 5.41 Å². The van der Waals surface area contributed by atoms with Crippen molar-refractivity contribution in [3.63, 3.8) is 0 Å². The van der Waals surface area contributed by atoms with Crippen molar-refractivity contribution in [1.29, 1.82) is 0 Å². The second-order valence-corrected chi connectivity index (χ2v) is 10.1. The smallest absolute Gasteiger partial charge is 0.229 e. The van der Waals surface area contributed by atoms with Gasteiger partial charge < -0.3 is 23.9 Å². The second kappa shape index (κ2) is 8.61. The van der Waals surface area contributed by atoms with Crippen molar-refractivity contribution in [1.82, 2.24) is 14.5 Å². The van der Waals surface area contributed by atoms with E-state index in [-0.39, 0.29) is 11.9 Å². The number of carbonyl (C=O) groups is 1. The number of fused-ring (bicyclic) bond motifs is 4. The first kappa shape index (κ1) is 22.7. The SMILES string of the molecule is CC(C)(C)C(=O)Nc1ccc(Cn2c3ccccc3c3nc(N)nc(NI)c32)c2c1CCCO2. The predicted molar refractivity (Wildman–Crippen MR) is 145 cm³/mol. The van der Waals surface area contributed by atoms with E-state index in [1.807, 2.05) is 45.0 Å². The summed E-state index contributed by atoms with van der Waals surface area (Å²) in [6.45, 7) is 6.96. The molecule has 0 bridgehead atoms. The van der Waals surface area contributed by atoms with Gasteiger partial charge in [0.05, 0.1) is 41.5 Å². The molecule has 8 nitrogen and oxygen atoms in total. The van der Waals surface area contributed by atoms with E-state index in [2.05, 4.69) is 58.4 Å². The van der Waals surface area contributed by atoms with Gasteiger partial charge in [0.1, 0.15) is 16.8 Å². The number of hydrogen-bond acceptors (Lipinski definition) is 6. The van der Waals surface area contributed by atoms with Crippen LogP contribution in [-0.4, -0.2) is 27.0 Å². The molecule has 0 aliphatic carbocycles. The fourth-order valence-corrected chi connectivity index (χ4v) is 4.80. The zero-order valence-electron chi connectivity index (χ0n) is 19.4. The van der Waals surface area contributed by atoms with Crippen LogP contribution in [0.3, 0.4) is 0 Å². The number of halogens is 1. The van der Waals surface area contributed by atoms with Gasteiger partial charge in [-0.15, -0.1) is 0 Å². The third kappa shape index (κ3) is 3.91. The average molecular weight is 570 g/mol. The Morgan fingerprint density at radius 3 is 2.76 bits per heavy atom. The monoisotopic (exact) mass is 570 g/mol. The Morgan fingerprint density at radius 2 is 2.00 bits per heavy atom. The summed E-state index contributed by atoms with van der Waals surface area (Å²) in [5.41, 5.74) is 11.2.